The molecule has 0 amide bonds. The number of nitrogens with zero attached hydrogens (tertiary/aromatic N) is 2. The zero-order valence-corrected chi connectivity index (χ0v) is 15.5. The Hall–Kier alpha value is -1.78. The first kappa shape index (κ1) is 20.9. The van der Waals surface area contributed by atoms with E-state index in [1.165, 1.54) is 6.07 Å². The first-order valence-corrected chi connectivity index (χ1v) is 9.58. The first-order chi connectivity index (χ1) is 13.2. The third-order valence-corrected chi connectivity index (χ3v) is 5.37. The molecule has 2 aromatic rings. The van der Waals surface area contributed by atoms with Gasteiger partial charge in [-0.05, 0) is 49.7 Å². The van der Waals surface area contributed by atoms with Crippen LogP contribution in [0.5, 0.6) is 0 Å². The Bertz CT molecular complexity index is 776. The van der Waals surface area contributed by atoms with Crippen molar-refractivity contribution >= 4 is 24.2 Å². The van der Waals surface area contributed by atoms with Gasteiger partial charge in [0.25, 0.3) is 6.01 Å². The number of hydrogen-bond donors (Lipinski definition) is 3. The van der Waals surface area contributed by atoms with Crippen LogP contribution in [0.2, 0.25) is 6.32 Å². The van der Waals surface area contributed by atoms with Crippen molar-refractivity contribution < 1.29 is 27.6 Å². The molecule has 1 aromatic heterocycles. The standard InChI is InChI=1S/C18H25BF3N3O3/c20-18(21,22)13-4-5-15-16(11-13)28-17(24-15)25-9-6-12(7-10-25)14(23)3-1-2-8-19(26)27/h4-5,11-12,14,26-27H,1-3,6-10,23H2. The number of piperidine rings is 1. The Balaban J connectivity index is 1.54. The second-order valence-corrected chi connectivity index (χ2v) is 7.43. The number of alkyl halides is 3. The third-order valence-electron chi connectivity index (χ3n) is 5.37. The summed E-state index contributed by atoms with van der Waals surface area (Å²) in [5, 5.41) is 17.7. The maximum atomic E-state index is 12.8. The zero-order valence-electron chi connectivity index (χ0n) is 15.5. The van der Waals surface area contributed by atoms with E-state index in [1.54, 1.807) is 0 Å². The SMILES string of the molecule is NC(CCCCB(O)O)C1CCN(c2nc3ccc(C(F)(F)F)cc3o2)CC1. The van der Waals surface area contributed by atoms with Crippen molar-refractivity contribution in [1.29, 1.82) is 0 Å². The van der Waals surface area contributed by atoms with Crippen LogP contribution in [0, 0.1) is 5.92 Å². The lowest BCUT2D eigenvalue weighted by molar-refractivity contribution is -0.137. The number of aromatic nitrogens is 1. The van der Waals surface area contributed by atoms with E-state index in [9.17, 15) is 13.2 Å². The lowest BCUT2D eigenvalue weighted by Gasteiger charge is -2.34. The number of benzene rings is 1. The van der Waals surface area contributed by atoms with E-state index in [4.69, 9.17) is 20.2 Å². The summed E-state index contributed by atoms with van der Waals surface area (Å²) in [6, 6.07) is 3.72. The largest absolute Gasteiger partial charge is 0.451 e. The number of hydrogen-bond acceptors (Lipinski definition) is 6. The molecule has 4 N–H and O–H groups in total. The number of rotatable bonds is 7. The van der Waals surface area contributed by atoms with E-state index in [1.807, 2.05) is 4.90 Å². The topological polar surface area (TPSA) is 95.8 Å². The quantitative estimate of drug-likeness (QED) is 0.489. The number of anilines is 1. The minimum absolute atomic E-state index is 0.0518. The lowest BCUT2D eigenvalue weighted by atomic mass is 9.82. The normalized spacial score (nSPS) is 17.3. The van der Waals surface area contributed by atoms with Gasteiger partial charge in [-0.2, -0.15) is 18.2 Å². The molecule has 0 spiro atoms. The van der Waals surface area contributed by atoms with Crippen LogP contribution in [-0.4, -0.2) is 41.3 Å². The molecule has 3 rings (SSSR count). The molecular formula is C18H25BF3N3O3. The predicted octanol–water partition coefficient (Wildman–Crippen LogP) is 3.03. The van der Waals surface area contributed by atoms with Crippen LogP contribution >= 0.6 is 0 Å². The third kappa shape index (κ3) is 5.18. The van der Waals surface area contributed by atoms with Gasteiger partial charge in [-0.1, -0.05) is 12.8 Å². The summed E-state index contributed by atoms with van der Waals surface area (Å²) in [5.41, 5.74) is 6.07. The van der Waals surface area contributed by atoms with Gasteiger partial charge in [-0.25, -0.2) is 0 Å². The molecule has 154 valence electrons. The highest BCUT2D eigenvalue weighted by atomic mass is 19.4. The maximum Gasteiger partial charge on any atom is 0.451 e. The second kappa shape index (κ2) is 8.71. The summed E-state index contributed by atoms with van der Waals surface area (Å²) in [5.74, 6) is 0.358. The Labute approximate surface area is 161 Å². The fourth-order valence-electron chi connectivity index (χ4n) is 3.69. The molecule has 0 aliphatic carbocycles. The van der Waals surface area contributed by atoms with Crippen molar-refractivity contribution in [3.8, 4) is 0 Å². The molecule has 1 aromatic carbocycles. The molecular weight excluding hydrogens is 374 g/mol. The minimum Gasteiger partial charge on any atom is -0.427 e. The van der Waals surface area contributed by atoms with Crippen LogP contribution in [0.3, 0.4) is 0 Å². The molecule has 1 aliphatic rings. The van der Waals surface area contributed by atoms with Crippen LogP contribution in [0.4, 0.5) is 19.2 Å². The van der Waals surface area contributed by atoms with E-state index in [-0.39, 0.29) is 11.6 Å². The van der Waals surface area contributed by atoms with E-state index in [0.29, 0.717) is 36.9 Å². The number of oxazole rings is 1. The summed E-state index contributed by atoms with van der Waals surface area (Å²) in [7, 11) is -1.26. The van der Waals surface area contributed by atoms with Gasteiger partial charge in [0, 0.05) is 19.1 Å². The highest BCUT2D eigenvalue weighted by Gasteiger charge is 2.31. The minimum atomic E-state index is -4.41. The summed E-state index contributed by atoms with van der Waals surface area (Å²) >= 11 is 0. The lowest BCUT2D eigenvalue weighted by Crippen LogP contribution is -2.41. The molecule has 1 aliphatic heterocycles. The molecule has 28 heavy (non-hydrogen) atoms. The van der Waals surface area contributed by atoms with Crippen molar-refractivity contribution in [2.45, 2.75) is 50.6 Å². The molecule has 1 unspecified atom stereocenters. The molecule has 0 radical (unpaired) electrons. The number of halogens is 3. The second-order valence-electron chi connectivity index (χ2n) is 7.43. The van der Waals surface area contributed by atoms with Gasteiger partial charge in [0.1, 0.15) is 5.52 Å². The Morgan fingerprint density at radius 3 is 2.61 bits per heavy atom. The van der Waals surface area contributed by atoms with Gasteiger partial charge in [-0.3, -0.25) is 0 Å². The summed E-state index contributed by atoms with van der Waals surface area (Å²) < 4.78 is 44.1. The fourth-order valence-corrected chi connectivity index (χ4v) is 3.69. The van der Waals surface area contributed by atoms with E-state index in [2.05, 4.69) is 4.98 Å². The monoisotopic (exact) mass is 399 g/mol. The fraction of sp³-hybridized carbons (Fsp3) is 0.611. The number of nitrogens with two attached hydrogens (primary N) is 1. The highest BCUT2D eigenvalue weighted by molar-refractivity contribution is 6.40. The molecule has 1 fully saturated rings. The smallest absolute Gasteiger partial charge is 0.427 e. The van der Waals surface area contributed by atoms with Crippen molar-refractivity contribution in [3.63, 3.8) is 0 Å². The maximum absolute atomic E-state index is 12.8. The van der Waals surface area contributed by atoms with Crippen molar-refractivity contribution in [1.82, 2.24) is 4.98 Å². The molecule has 0 bridgehead atoms. The highest BCUT2D eigenvalue weighted by Crippen LogP contribution is 2.33. The Kier molecular flexibility index (Phi) is 6.52. The van der Waals surface area contributed by atoms with Gasteiger partial charge >= 0.3 is 13.3 Å². The number of fused-ring (bicyclic) bond motifs is 1. The molecule has 6 nitrogen and oxygen atoms in total. The summed E-state index contributed by atoms with van der Waals surface area (Å²) in [6.45, 7) is 1.37. The predicted molar refractivity (Wildman–Crippen MR) is 101 cm³/mol. The van der Waals surface area contributed by atoms with Crippen LogP contribution in [0.25, 0.3) is 11.1 Å². The zero-order chi connectivity index (χ0) is 20.3. The van der Waals surface area contributed by atoms with Crippen molar-refractivity contribution in [2.75, 3.05) is 18.0 Å². The van der Waals surface area contributed by atoms with E-state index in [0.717, 1.165) is 44.2 Å². The Morgan fingerprint density at radius 2 is 1.96 bits per heavy atom. The van der Waals surface area contributed by atoms with Gasteiger partial charge < -0.3 is 25.1 Å². The van der Waals surface area contributed by atoms with Gasteiger partial charge in [-0.15, -0.1) is 0 Å². The number of unbranched alkanes of at least 4 members (excludes halogenated alkanes) is 1. The van der Waals surface area contributed by atoms with Crippen LogP contribution in [0.1, 0.15) is 37.7 Å². The van der Waals surface area contributed by atoms with Gasteiger partial charge in [0.15, 0.2) is 5.58 Å². The van der Waals surface area contributed by atoms with E-state index < -0.39 is 18.9 Å². The Morgan fingerprint density at radius 1 is 1.25 bits per heavy atom. The average Bonchev–Trinajstić information content (AvgIpc) is 3.07. The van der Waals surface area contributed by atoms with Crippen LogP contribution in [0.15, 0.2) is 22.6 Å². The molecule has 1 saturated heterocycles. The molecule has 10 heteroatoms. The van der Waals surface area contributed by atoms with Crippen molar-refractivity contribution in [3.05, 3.63) is 23.8 Å². The average molecular weight is 399 g/mol. The van der Waals surface area contributed by atoms with Crippen LogP contribution < -0.4 is 10.6 Å². The van der Waals surface area contributed by atoms with Gasteiger partial charge in [0.05, 0.1) is 5.56 Å². The van der Waals surface area contributed by atoms with E-state index >= 15 is 0 Å². The van der Waals surface area contributed by atoms with Crippen molar-refractivity contribution in [2.24, 2.45) is 11.7 Å². The molecule has 1 atom stereocenters. The molecule has 0 saturated carbocycles. The summed E-state index contributed by atoms with van der Waals surface area (Å²) in [6.07, 6.45) is 0.0790. The first-order valence-electron chi connectivity index (χ1n) is 9.58. The molecule has 2 heterocycles. The van der Waals surface area contributed by atoms with Gasteiger partial charge in [0.2, 0.25) is 0 Å². The van der Waals surface area contributed by atoms with Crippen LogP contribution in [-0.2, 0) is 6.18 Å². The summed E-state index contributed by atoms with van der Waals surface area (Å²) in [4.78, 5) is 6.26.